The maximum atomic E-state index is 14.0. The molecule has 0 aromatic heterocycles. The number of rotatable bonds is 5. The number of carbonyl (C=O) groups is 1. The number of nitrogens with one attached hydrogen (secondary N) is 1. The van der Waals surface area contributed by atoms with Gasteiger partial charge in [0.05, 0.1) is 12.6 Å². The SMILES string of the molecule is C[C@H](NC(=O)C(C)(C)C)c1cc(OCC2CC2)ccc1F. The molecule has 1 N–H and O–H groups in total. The van der Waals surface area contributed by atoms with E-state index in [1.165, 1.54) is 18.9 Å². The van der Waals surface area contributed by atoms with Crippen LogP contribution in [-0.2, 0) is 4.79 Å². The first-order valence-electron chi connectivity index (χ1n) is 7.50. The zero-order chi connectivity index (χ0) is 15.6. The second-order valence-electron chi connectivity index (χ2n) is 6.88. The maximum Gasteiger partial charge on any atom is 0.225 e. The molecule has 1 aromatic carbocycles. The molecule has 2 rings (SSSR count). The number of hydrogen-bond donors (Lipinski definition) is 1. The Morgan fingerprint density at radius 2 is 2.10 bits per heavy atom. The third-order valence-corrected chi connectivity index (χ3v) is 3.65. The summed E-state index contributed by atoms with van der Waals surface area (Å²) >= 11 is 0. The number of halogens is 1. The van der Waals surface area contributed by atoms with Crippen LogP contribution in [0.3, 0.4) is 0 Å². The second kappa shape index (κ2) is 6.04. The Kier molecular flexibility index (Phi) is 4.55. The van der Waals surface area contributed by atoms with E-state index in [9.17, 15) is 9.18 Å². The summed E-state index contributed by atoms with van der Waals surface area (Å²) in [5, 5.41) is 2.85. The first kappa shape index (κ1) is 15.8. The van der Waals surface area contributed by atoms with Crippen LogP contribution < -0.4 is 10.1 Å². The number of hydrogen-bond acceptors (Lipinski definition) is 2. The quantitative estimate of drug-likeness (QED) is 0.895. The summed E-state index contributed by atoms with van der Waals surface area (Å²) in [5.41, 5.74) is -0.0361. The molecule has 0 bridgehead atoms. The van der Waals surface area contributed by atoms with Crippen LogP contribution in [-0.4, -0.2) is 12.5 Å². The third kappa shape index (κ3) is 4.45. The summed E-state index contributed by atoms with van der Waals surface area (Å²) in [6.07, 6.45) is 2.43. The molecule has 1 atom stereocenters. The standard InChI is InChI=1S/C17H24FNO2/c1-11(19-16(20)17(2,3)4)14-9-13(7-8-15(14)18)21-10-12-5-6-12/h7-9,11-12H,5-6,10H2,1-4H3,(H,19,20)/t11-/m0/s1. The predicted molar refractivity (Wildman–Crippen MR) is 80.6 cm³/mol. The van der Waals surface area contributed by atoms with Crippen LogP contribution in [0.4, 0.5) is 4.39 Å². The Labute approximate surface area is 125 Å². The Hall–Kier alpha value is -1.58. The molecule has 0 radical (unpaired) electrons. The third-order valence-electron chi connectivity index (χ3n) is 3.65. The van der Waals surface area contributed by atoms with E-state index in [1.54, 1.807) is 19.1 Å². The molecule has 1 aliphatic rings. The van der Waals surface area contributed by atoms with Crippen molar-refractivity contribution >= 4 is 5.91 Å². The van der Waals surface area contributed by atoms with Crippen LogP contribution in [0.1, 0.15) is 52.1 Å². The van der Waals surface area contributed by atoms with Crippen LogP contribution in [0, 0.1) is 17.2 Å². The highest BCUT2D eigenvalue weighted by molar-refractivity contribution is 5.81. The summed E-state index contributed by atoms with van der Waals surface area (Å²) in [6, 6.07) is 4.34. The zero-order valence-corrected chi connectivity index (χ0v) is 13.2. The van der Waals surface area contributed by atoms with Crippen molar-refractivity contribution < 1.29 is 13.9 Å². The fourth-order valence-electron chi connectivity index (χ4n) is 1.93. The second-order valence-corrected chi connectivity index (χ2v) is 6.88. The summed E-state index contributed by atoms with van der Waals surface area (Å²) < 4.78 is 19.6. The van der Waals surface area contributed by atoms with Crippen LogP contribution in [0.2, 0.25) is 0 Å². The fourth-order valence-corrected chi connectivity index (χ4v) is 1.93. The minimum atomic E-state index is -0.495. The van der Waals surface area contributed by atoms with Crippen molar-refractivity contribution in [3.63, 3.8) is 0 Å². The molecule has 3 nitrogen and oxygen atoms in total. The van der Waals surface area contributed by atoms with Gasteiger partial charge in [-0.15, -0.1) is 0 Å². The summed E-state index contributed by atoms with van der Waals surface area (Å²) in [5.74, 6) is 0.890. The molecule has 1 saturated carbocycles. The van der Waals surface area contributed by atoms with Gasteiger partial charge in [0, 0.05) is 11.0 Å². The van der Waals surface area contributed by atoms with Crippen molar-refractivity contribution in [1.82, 2.24) is 5.32 Å². The molecule has 21 heavy (non-hydrogen) atoms. The van der Waals surface area contributed by atoms with Gasteiger partial charge in [-0.1, -0.05) is 20.8 Å². The molecule has 0 saturated heterocycles. The molecule has 1 aromatic rings. The summed E-state index contributed by atoms with van der Waals surface area (Å²) in [6.45, 7) is 7.97. The Balaban J connectivity index is 2.05. The largest absolute Gasteiger partial charge is 0.493 e. The number of carbonyl (C=O) groups excluding carboxylic acids is 1. The molecule has 0 aliphatic heterocycles. The lowest BCUT2D eigenvalue weighted by Gasteiger charge is -2.22. The van der Waals surface area contributed by atoms with Gasteiger partial charge in [0.1, 0.15) is 11.6 Å². The van der Waals surface area contributed by atoms with E-state index in [0.717, 1.165) is 0 Å². The Morgan fingerprint density at radius 3 is 2.67 bits per heavy atom. The highest BCUT2D eigenvalue weighted by Gasteiger charge is 2.25. The smallest absolute Gasteiger partial charge is 0.225 e. The minimum absolute atomic E-state index is 0.0984. The lowest BCUT2D eigenvalue weighted by Crippen LogP contribution is -2.36. The Bertz CT molecular complexity index is 518. The number of ether oxygens (including phenoxy) is 1. The molecule has 1 amide bonds. The fraction of sp³-hybridized carbons (Fsp3) is 0.588. The zero-order valence-electron chi connectivity index (χ0n) is 13.2. The van der Waals surface area contributed by atoms with Crippen molar-refractivity contribution in [3.8, 4) is 5.75 Å². The van der Waals surface area contributed by atoms with Gasteiger partial charge in [-0.3, -0.25) is 4.79 Å². The van der Waals surface area contributed by atoms with Gasteiger partial charge < -0.3 is 10.1 Å². The first-order chi connectivity index (χ1) is 9.77. The van der Waals surface area contributed by atoms with Crippen molar-refractivity contribution in [1.29, 1.82) is 0 Å². The normalized spacial score (nSPS) is 16.4. The monoisotopic (exact) mass is 293 g/mol. The van der Waals surface area contributed by atoms with Crippen LogP contribution in [0.25, 0.3) is 0 Å². The average molecular weight is 293 g/mol. The molecule has 1 fully saturated rings. The molecule has 0 unspecified atom stereocenters. The molecule has 4 heteroatoms. The molecular weight excluding hydrogens is 269 g/mol. The van der Waals surface area contributed by atoms with Crippen molar-refractivity contribution in [2.75, 3.05) is 6.61 Å². The summed E-state index contributed by atoms with van der Waals surface area (Å²) in [7, 11) is 0. The van der Waals surface area contributed by atoms with Crippen LogP contribution in [0.5, 0.6) is 5.75 Å². The summed E-state index contributed by atoms with van der Waals surface area (Å²) in [4.78, 5) is 12.0. The van der Waals surface area contributed by atoms with Gasteiger partial charge in [-0.05, 0) is 43.9 Å². The van der Waals surface area contributed by atoms with Gasteiger partial charge in [0.15, 0.2) is 0 Å². The van der Waals surface area contributed by atoms with Gasteiger partial charge in [0.2, 0.25) is 5.91 Å². The van der Waals surface area contributed by atoms with E-state index in [-0.39, 0.29) is 17.8 Å². The molecule has 0 spiro atoms. The van der Waals surface area contributed by atoms with Crippen molar-refractivity contribution in [3.05, 3.63) is 29.6 Å². The van der Waals surface area contributed by atoms with E-state index in [4.69, 9.17) is 4.74 Å². The lowest BCUT2D eigenvalue weighted by atomic mass is 9.94. The van der Waals surface area contributed by atoms with Gasteiger partial charge >= 0.3 is 0 Å². The minimum Gasteiger partial charge on any atom is -0.493 e. The lowest BCUT2D eigenvalue weighted by molar-refractivity contribution is -0.129. The van der Waals surface area contributed by atoms with Crippen molar-refractivity contribution in [2.24, 2.45) is 11.3 Å². The highest BCUT2D eigenvalue weighted by atomic mass is 19.1. The van der Waals surface area contributed by atoms with E-state index in [1.807, 2.05) is 20.8 Å². The van der Waals surface area contributed by atoms with Gasteiger partial charge in [0.25, 0.3) is 0 Å². The topological polar surface area (TPSA) is 38.3 Å². The highest BCUT2D eigenvalue weighted by Crippen LogP contribution is 2.30. The number of benzene rings is 1. The van der Waals surface area contributed by atoms with E-state index in [0.29, 0.717) is 23.8 Å². The van der Waals surface area contributed by atoms with Gasteiger partial charge in [-0.25, -0.2) is 4.39 Å². The predicted octanol–water partition coefficient (Wildman–Crippen LogP) is 3.84. The Morgan fingerprint density at radius 1 is 1.43 bits per heavy atom. The number of amides is 1. The van der Waals surface area contributed by atoms with E-state index >= 15 is 0 Å². The maximum absolute atomic E-state index is 14.0. The van der Waals surface area contributed by atoms with Gasteiger partial charge in [-0.2, -0.15) is 0 Å². The van der Waals surface area contributed by atoms with E-state index in [2.05, 4.69) is 5.32 Å². The molecule has 116 valence electrons. The van der Waals surface area contributed by atoms with E-state index < -0.39 is 5.41 Å². The average Bonchev–Trinajstić information content (AvgIpc) is 3.20. The first-order valence-corrected chi connectivity index (χ1v) is 7.50. The van der Waals surface area contributed by atoms with Crippen LogP contribution in [0.15, 0.2) is 18.2 Å². The molecule has 0 heterocycles. The van der Waals surface area contributed by atoms with Crippen molar-refractivity contribution in [2.45, 2.75) is 46.6 Å². The van der Waals surface area contributed by atoms with Crippen LogP contribution >= 0.6 is 0 Å². The molecular formula is C17H24FNO2. The molecule has 1 aliphatic carbocycles.